The molecule has 20 heavy (non-hydrogen) atoms. The normalized spacial score (nSPS) is 10.6. The van der Waals surface area contributed by atoms with Crippen LogP contribution in [0.5, 0.6) is 0 Å². The van der Waals surface area contributed by atoms with Crippen LogP contribution in [0, 0.1) is 10.1 Å². The molecule has 0 aliphatic heterocycles. The number of nitrogens with one attached hydrogen (secondary N) is 1. The smallest absolute Gasteiger partial charge is 0.269 e. The second kappa shape index (κ2) is 6.19. The van der Waals surface area contributed by atoms with Gasteiger partial charge in [-0.15, -0.1) is 0 Å². The summed E-state index contributed by atoms with van der Waals surface area (Å²) >= 11 is 0. The monoisotopic (exact) mass is 270 g/mol. The average molecular weight is 270 g/mol. The summed E-state index contributed by atoms with van der Waals surface area (Å²) in [5.41, 5.74) is 3.49. The lowest BCUT2D eigenvalue weighted by Gasteiger charge is -2.10. The highest BCUT2D eigenvalue weighted by Gasteiger charge is 2.04. The predicted octanol–water partition coefficient (Wildman–Crippen LogP) is 4.33. The van der Waals surface area contributed by atoms with Crippen LogP contribution in [0.25, 0.3) is 0 Å². The van der Waals surface area contributed by atoms with Gasteiger partial charge in [0.2, 0.25) is 0 Å². The Morgan fingerprint density at radius 3 is 2.45 bits per heavy atom. The van der Waals surface area contributed by atoms with Gasteiger partial charge in [-0.2, -0.15) is 0 Å². The Balaban J connectivity index is 2.01. The topological polar surface area (TPSA) is 55.2 Å². The number of hydrogen-bond donors (Lipinski definition) is 1. The highest BCUT2D eigenvalue weighted by atomic mass is 16.6. The van der Waals surface area contributed by atoms with Crippen LogP contribution in [-0.2, 0) is 6.54 Å². The first-order chi connectivity index (χ1) is 9.56. The van der Waals surface area contributed by atoms with Crippen LogP contribution in [0.2, 0.25) is 0 Å². The molecule has 4 nitrogen and oxygen atoms in total. The van der Waals surface area contributed by atoms with Crippen molar-refractivity contribution in [2.45, 2.75) is 26.3 Å². The molecule has 0 aliphatic carbocycles. The molecular weight excluding hydrogens is 252 g/mol. The van der Waals surface area contributed by atoms with Gasteiger partial charge in [-0.1, -0.05) is 38.1 Å². The first-order valence-corrected chi connectivity index (χ1v) is 6.63. The molecular formula is C16H18N2O2. The molecule has 2 aromatic carbocycles. The summed E-state index contributed by atoms with van der Waals surface area (Å²) in [7, 11) is 0. The van der Waals surface area contributed by atoms with Crippen molar-refractivity contribution >= 4 is 11.4 Å². The standard InChI is InChI=1S/C16H18N2O2/c1-12(2)14-4-3-5-15(10-14)17-11-13-6-8-16(9-7-13)18(19)20/h3-10,12,17H,11H2,1-2H3. The van der Waals surface area contributed by atoms with Crippen LogP contribution in [0.15, 0.2) is 48.5 Å². The molecule has 0 bridgehead atoms. The van der Waals surface area contributed by atoms with Gasteiger partial charge in [0.25, 0.3) is 5.69 Å². The Morgan fingerprint density at radius 2 is 1.85 bits per heavy atom. The quantitative estimate of drug-likeness (QED) is 0.650. The van der Waals surface area contributed by atoms with E-state index in [0.717, 1.165) is 11.3 Å². The zero-order valence-electron chi connectivity index (χ0n) is 11.7. The minimum absolute atomic E-state index is 0.121. The zero-order valence-corrected chi connectivity index (χ0v) is 11.7. The van der Waals surface area contributed by atoms with Crippen molar-refractivity contribution in [3.8, 4) is 0 Å². The summed E-state index contributed by atoms with van der Waals surface area (Å²) < 4.78 is 0. The van der Waals surface area contributed by atoms with Crippen molar-refractivity contribution in [3.63, 3.8) is 0 Å². The van der Waals surface area contributed by atoms with Gasteiger partial charge < -0.3 is 5.32 Å². The third-order valence-corrected chi connectivity index (χ3v) is 3.20. The minimum atomic E-state index is -0.386. The lowest BCUT2D eigenvalue weighted by Crippen LogP contribution is -2.00. The van der Waals surface area contributed by atoms with Crippen molar-refractivity contribution < 1.29 is 4.92 Å². The first kappa shape index (κ1) is 14.1. The summed E-state index contributed by atoms with van der Waals surface area (Å²) in [6.07, 6.45) is 0. The summed E-state index contributed by atoms with van der Waals surface area (Å²) in [5.74, 6) is 0.496. The van der Waals surface area contributed by atoms with Crippen LogP contribution >= 0.6 is 0 Å². The molecule has 104 valence electrons. The Morgan fingerprint density at radius 1 is 1.15 bits per heavy atom. The molecule has 1 N–H and O–H groups in total. The van der Waals surface area contributed by atoms with Crippen molar-refractivity contribution in [2.24, 2.45) is 0 Å². The fourth-order valence-electron chi connectivity index (χ4n) is 1.95. The number of hydrogen-bond acceptors (Lipinski definition) is 3. The molecule has 0 atom stereocenters. The molecule has 0 fully saturated rings. The van der Waals surface area contributed by atoms with E-state index in [1.807, 2.05) is 12.1 Å². The molecule has 0 heterocycles. The maximum atomic E-state index is 10.6. The average Bonchev–Trinajstić information content (AvgIpc) is 2.46. The summed E-state index contributed by atoms with van der Waals surface area (Å²) in [5, 5.41) is 13.9. The third-order valence-electron chi connectivity index (χ3n) is 3.20. The van der Waals surface area contributed by atoms with Gasteiger partial charge >= 0.3 is 0 Å². The van der Waals surface area contributed by atoms with Crippen molar-refractivity contribution in [1.29, 1.82) is 0 Å². The molecule has 0 amide bonds. The Bertz CT molecular complexity index is 592. The summed E-state index contributed by atoms with van der Waals surface area (Å²) in [4.78, 5) is 10.2. The Kier molecular flexibility index (Phi) is 4.35. The fourth-order valence-corrected chi connectivity index (χ4v) is 1.95. The van der Waals surface area contributed by atoms with Gasteiger partial charge in [-0.25, -0.2) is 0 Å². The number of non-ortho nitro benzene ring substituents is 1. The van der Waals surface area contributed by atoms with Gasteiger partial charge in [-0.3, -0.25) is 10.1 Å². The first-order valence-electron chi connectivity index (χ1n) is 6.63. The third kappa shape index (κ3) is 3.57. The zero-order chi connectivity index (χ0) is 14.5. The van der Waals surface area contributed by atoms with Gasteiger partial charge in [0.1, 0.15) is 0 Å². The van der Waals surface area contributed by atoms with E-state index in [2.05, 4.69) is 31.3 Å². The highest BCUT2D eigenvalue weighted by molar-refractivity contribution is 5.47. The minimum Gasteiger partial charge on any atom is -0.381 e. The van der Waals surface area contributed by atoms with E-state index in [0.29, 0.717) is 12.5 Å². The van der Waals surface area contributed by atoms with E-state index in [1.54, 1.807) is 12.1 Å². The molecule has 0 aliphatic rings. The van der Waals surface area contributed by atoms with Crippen molar-refractivity contribution in [1.82, 2.24) is 0 Å². The molecule has 4 heteroatoms. The summed E-state index contributed by atoms with van der Waals surface area (Å²) in [6, 6.07) is 14.9. The van der Waals surface area contributed by atoms with E-state index in [1.165, 1.54) is 17.7 Å². The van der Waals surface area contributed by atoms with Crippen LogP contribution < -0.4 is 5.32 Å². The lowest BCUT2D eigenvalue weighted by atomic mass is 10.0. The number of rotatable bonds is 5. The highest BCUT2D eigenvalue weighted by Crippen LogP contribution is 2.19. The predicted molar refractivity (Wildman–Crippen MR) is 81.0 cm³/mol. The van der Waals surface area contributed by atoms with Crippen LogP contribution in [0.1, 0.15) is 30.9 Å². The molecule has 0 aromatic heterocycles. The van der Waals surface area contributed by atoms with Gasteiger partial charge in [0.05, 0.1) is 4.92 Å². The molecule has 2 rings (SSSR count). The lowest BCUT2D eigenvalue weighted by molar-refractivity contribution is -0.384. The maximum Gasteiger partial charge on any atom is 0.269 e. The molecule has 0 saturated carbocycles. The van der Waals surface area contributed by atoms with E-state index in [4.69, 9.17) is 0 Å². The van der Waals surface area contributed by atoms with E-state index in [-0.39, 0.29) is 10.6 Å². The van der Waals surface area contributed by atoms with E-state index < -0.39 is 0 Å². The Labute approximate surface area is 118 Å². The van der Waals surface area contributed by atoms with Crippen LogP contribution in [0.4, 0.5) is 11.4 Å². The van der Waals surface area contributed by atoms with Crippen molar-refractivity contribution in [3.05, 3.63) is 69.8 Å². The van der Waals surface area contributed by atoms with Gasteiger partial charge in [0.15, 0.2) is 0 Å². The molecule has 2 aromatic rings. The van der Waals surface area contributed by atoms with E-state index in [9.17, 15) is 10.1 Å². The number of nitro benzene ring substituents is 1. The number of nitrogens with zero attached hydrogens (tertiary/aromatic N) is 1. The van der Waals surface area contributed by atoms with Gasteiger partial charge in [0, 0.05) is 24.4 Å². The van der Waals surface area contributed by atoms with Gasteiger partial charge in [-0.05, 0) is 29.2 Å². The second-order valence-electron chi connectivity index (χ2n) is 5.06. The number of anilines is 1. The van der Waals surface area contributed by atoms with Crippen LogP contribution in [-0.4, -0.2) is 4.92 Å². The Hall–Kier alpha value is -2.36. The molecule has 0 saturated heterocycles. The molecule has 0 unspecified atom stereocenters. The maximum absolute atomic E-state index is 10.6. The fraction of sp³-hybridized carbons (Fsp3) is 0.250. The summed E-state index contributed by atoms with van der Waals surface area (Å²) in [6.45, 7) is 4.98. The van der Waals surface area contributed by atoms with Crippen molar-refractivity contribution in [2.75, 3.05) is 5.32 Å². The SMILES string of the molecule is CC(C)c1cccc(NCc2ccc([N+](=O)[O-])cc2)c1. The number of nitro groups is 1. The van der Waals surface area contributed by atoms with E-state index >= 15 is 0 Å². The van der Waals surface area contributed by atoms with Crippen LogP contribution in [0.3, 0.4) is 0 Å². The molecule has 0 spiro atoms. The molecule has 0 radical (unpaired) electrons. The largest absolute Gasteiger partial charge is 0.381 e. The second-order valence-corrected chi connectivity index (χ2v) is 5.06. The number of benzene rings is 2.